The first-order valence-electron chi connectivity index (χ1n) is 8.03. The Hall–Kier alpha value is -1.60. The predicted octanol–water partition coefficient (Wildman–Crippen LogP) is 2.36. The molecule has 0 N–H and O–H groups in total. The van der Waals surface area contributed by atoms with Gasteiger partial charge < -0.3 is 9.80 Å². The van der Waals surface area contributed by atoms with Gasteiger partial charge in [-0.1, -0.05) is 0 Å². The van der Waals surface area contributed by atoms with Crippen LogP contribution in [0.2, 0.25) is 0 Å². The van der Waals surface area contributed by atoms with Gasteiger partial charge in [-0.15, -0.1) is 0 Å². The maximum absolute atomic E-state index is 9.47. The molecule has 0 radical (unpaired) electrons. The molecule has 1 saturated heterocycles. The van der Waals surface area contributed by atoms with E-state index in [0.717, 1.165) is 50.2 Å². The minimum absolute atomic E-state index is 0.657. The Bertz CT molecular complexity index is 551. The molecule has 0 atom stereocenters. The van der Waals surface area contributed by atoms with E-state index in [2.05, 4.69) is 36.0 Å². The van der Waals surface area contributed by atoms with Crippen molar-refractivity contribution in [3.05, 3.63) is 22.9 Å². The van der Waals surface area contributed by atoms with E-state index in [1.807, 2.05) is 0 Å². The van der Waals surface area contributed by atoms with Gasteiger partial charge in [0.25, 0.3) is 0 Å². The topological polar surface area (TPSA) is 43.2 Å². The van der Waals surface area contributed by atoms with Gasteiger partial charge in [0.2, 0.25) is 0 Å². The fourth-order valence-electron chi connectivity index (χ4n) is 3.54. The summed E-state index contributed by atoms with van der Waals surface area (Å²) in [4.78, 5) is 9.49. The number of fused-ring (bicyclic) bond motifs is 1. The lowest BCUT2D eigenvalue weighted by atomic mass is 9.94. The highest BCUT2D eigenvalue weighted by Gasteiger charge is 2.24. The van der Waals surface area contributed by atoms with Crippen LogP contribution in [-0.2, 0) is 12.8 Å². The lowest BCUT2D eigenvalue weighted by Gasteiger charge is -2.36. The van der Waals surface area contributed by atoms with Crippen molar-refractivity contribution in [3.8, 4) is 6.07 Å². The second-order valence-electron chi connectivity index (χ2n) is 6.47. The molecule has 0 saturated carbocycles. The maximum Gasteiger partial charge on any atom is 0.146 e. The van der Waals surface area contributed by atoms with Gasteiger partial charge in [0.05, 0.1) is 5.56 Å². The number of anilines is 1. The summed E-state index contributed by atoms with van der Waals surface area (Å²) in [5.74, 6) is 0.926. The summed E-state index contributed by atoms with van der Waals surface area (Å²) < 4.78 is 0. The molecule has 0 spiro atoms. The zero-order valence-corrected chi connectivity index (χ0v) is 13.1. The lowest BCUT2D eigenvalue weighted by Crippen LogP contribution is -2.42. The minimum atomic E-state index is 0.657. The van der Waals surface area contributed by atoms with E-state index in [1.54, 1.807) is 0 Å². The highest BCUT2D eigenvalue weighted by atomic mass is 15.2. The SMILES string of the molecule is CN(C)C1CCN(c2nc3c(cc2C#N)CCCC3)CC1. The molecular formula is C17H24N4. The fourth-order valence-corrected chi connectivity index (χ4v) is 3.54. The standard InChI is InChI=1S/C17H24N4/c1-20(2)15-7-9-21(10-8-15)17-14(12-18)11-13-5-3-4-6-16(13)19-17/h11,15H,3-10H2,1-2H3. The Labute approximate surface area is 127 Å². The van der Waals surface area contributed by atoms with Gasteiger partial charge in [-0.05, 0) is 64.3 Å². The van der Waals surface area contributed by atoms with E-state index >= 15 is 0 Å². The van der Waals surface area contributed by atoms with Crippen LogP contribution in [-0.4, -0.2) is 43.1 Å². The summed E-state index contributed by atoms with van der Waals surface area (Å²) in [5, 5.41) is 9.47. The van der Waals surface area contributed by atoms with Crippen LogP contribution in [0.15, 0.2) is 6.07 Å². The van der Waals surface area contributed by atoms with Crippen LogP contribution in [0, 0.1) is 11.3 Å². The molecule has 21 heavy (non-hydrogen) atoms. The van der Waals surface area contributed by atoms with Crippen molar-refractivity contribution in [2.75, 3.05) is 32.1 Å². The van der Waals surface area contributed by atoms with Gasteiger partial charge in [0.1, 0.15) is 11.9 Å². The molecular weight excluding hydrogens is 260 g/mol. The smallest absolute Gasteiger partial charge is 0.146 e. The number of rotatable bonds is 2. The van der Waals surface area contributed by atoms with Crippen LogP contribution in [0.4, 0.5) is 5.82 Å². The number of hydrogen-bond acceptors (Lipinski definition) is 4. The van der Waals surface area contributed by atoms with Gasteiger partial charge in [-0.3, -0.25) is 0 Å². The average Bonchev–Trinajstić information content (AvgIpc) is 2.53. The third-order valence-corrected chi connectivity index (χ3v) is 4.90. The number of piperidine rings is 1. The fraction of sp³-hybridized carbons (Fsp3) is 0.647. The zero-order valence-electron chi connectivity index (χ0n) is 13.1. The second-order valence-corrected chi connectivity index (χ2v) is 6.47. The van der Waals surface area contributed by atoms with Crippen molar-refractivity contribution < 1.29 is 0 Å². The zero-order chi connectivity index (χ0) is 14.8. The number of pyridine rings is 1. The largest absolute Gasteiger partial charge is 0.355 e. The summed E-state index contributed by atoms with van der Waals surface area (Å²) in [6.07, 6.45) is 6.91. The molecule has 1 aromatic rings. The second kappa shape index (κ2) is 6.03. The molecule has 3 rings (SSSR count). The highest BCUT2D eigenvalue weighted by molar-refractivity contribution is 5.56. The van der Waals surface area contributed by atoms with Crippen LogP contribution in [0.1, 0.15) is 42.5 Å². The van der Waals surface area contributed by atoms with E-state index in [0.29, 0.717) is 6.04 Å². The van der Waals surface area contributed by atoms with E-state index in [4.69, 9.17) is 4.98 Å². The van der Waals surface area contributed by atoms with Crippen molar-refractivity contribution in [1.82, 2.24) is 9.88 Å². The first kappa shape index (κ1) is 14.3. The molecule has 2 heterocycles. The molecule has 1 fully saturated rings. The van der Waals surface area contributed by atoms with Gasteiger partial charge in [-0.25, -0.2) is 4.98 Å². The van der Waals surface area contributed by atoms with E-state index in [1.165, 1.54) is 24.1 Å². The van der Waals surface area contributed by atoms with E-state index < -0.39 is 0 Å². The van der Waals surface area contributed by atoms with Crippen molar-refractivity contribution in [3.63, 3.8) is 0 Å². The first-order chi connectivity index (χ1) is 10.2. The van der Waals surface area contributed by atoms with E-state index in [-0.39, 0.29) is 0 Å². The quantitative estimate of drug-likeness (QED) is 0.836. The van der Waals surface area contributed by atoms with Gasteiger partial charge >= 0.3 is 0 Å². The summed E-state index contributed by atoms with van der Waals surface area (Å²) in [6, 6.07) is 5.11. The Morgan fingerprint density at radius 3 is 2.62 bits per heavy atom. The summed E-state index contributed by atoms with van der Waals surface area (Å²) >= 11 is 0. The Balaban J connectivity index is 1.84. The van der Waals surface area contributed by atoms with Crippen molar-refractivity contribution in [2.45, 2.75) is 44.6 Å². The molecule has 4 nitrogen and oxygen atoms in total. The molecule has 0 aromatic carbocycles. The van der Waals surface area contributed by atoms with Crippen molar-refractivity contribution in [1.29, 1.82) is 5.26 Å². The van der Waals surface area contributed by atoms with Crippen LogP contribution in [0.5, 0.6) is 0 Å². The van der Waals surface area contributed by atoms with E-state index in [9.17, 15) is 5.26 Å². The lowest BCUT2D eigenvalue weighted by molar-refractivity contribution is 0.249. The van der Waals surface area contributed by atoms with Crippen LogP contribution in [0.3, 0.4) is 0 Å². The van der Waals surface area contributed by atoms with Crippen LogP contribution < -0.4 is 4.90 Å². The third-order valence-electron chi connectivity index (χ3n) is 4.90. The summed E-state index contributed by atoms with van der Waals surface area (Å²) in [7, 11) is 4.30. The van der Waals surface area contributed by atoms with Gasteiger partial charge in [0, 0.05) is 24.8 Å². The molecule has 0 bridgehead atoms. The molecule has 1 aliphatic carbocycles. The molecule has 0 amide bonds. The first-order valence-corrected chi connectivity index (χ1v) is 8.03. The number of nitriles is 1. The summed E-state index contributed by atoms with van der Waals surface area (Å²) in [5.41, 5.74) is 3.29. The third kappa shape index (κ3) is 2.89. The molecule has 0 unspecified atom stereocenters. The number of nitrogens with zero attached hydrogens (tertiary/aromatic N) is 4. The number of hydrogen-bond donors (Lipinski definition) is 0. The summed E-state index contributed by atoms with van der Waals surface area (Å²) in [6.45, 7) is 2.01. The Morgan fingerprint density at radius 1 is 1.24 bits per heavy atom. The molecule has 112 valence electrons. The monoisotopic (exact) mass is 284 g/mol. The molecule has 1 aliphatic heterocycles. The van der Waals surface area contributed by atoms with Crippen LogP contribution in [0.25, 0.3) is 0 Å². The minimum Gasteiger partial charge on any atom is -0.355 e. The maximum atomic E-state index is 9.47. The molecule has 1 aromatic heterocycles. The molecule has 4 heteroatoms. The van der Waals surface area contributed by atoms with Crippen molar-refractivity contribution >= 4 is 5.82 Å². The van der Waals surface area contributed by atoms with Gasteiger partial charge in [0.15, 0.2) is 0 Å². The Kier molecular flexibility index (Phi) is 4.12. The molecule has 2 aliphatic rings. The average molecular weight is 284 g/mol. The Morgan fingerprint density at radius 2 is 1.95 bits per heavy atom. The van der Waals surface area contributed by atoms with Crippen molar-refractivity contribution in [2.24, 2.45) is 0 Å². The highest BCUT2D eigenvalue weighted by Crippen LogP contribution is 2.28. The number of aryl methyl sites for hydroxylation is 2. The number of aromatic nitrogens is 1. The predicted molar refractivity (Wildman–Crippen MR) is 84.5 cm³/mol. The van der Waals surface area contributed by atoms with Gasteiger partial charge in [-0.2, -0.15) is 5.26 Å². The van der Waals surface area contributed by atoms with Crippen LogP contribution >= 0.6 is 0 Å². The normalized spacial score (nSPS) is 19.4.